The van der Waals surface area contributed by atoms with Gasteiger partial charge in [-0.2, -0.15) is 5.10 Å². The maximum absolute atomic E-state index is 12.2. The molecule has 1 amide bonds. The molecular formula is C19H16N2O4. The fourth-order valence-corrected chi connectivity index (χ4v) is 2.64. The molecule has 1 aliphatic rings. The van der Waals surface area contributed by atoms with E-state index in [1.54, 1.807) is 6.07 Å². The Hall–Kier alpha value is -3.28. The molecule has 1 N–H and O–H groups in total. The molecule has 126 valence electrons. The summed E-state index contributed by atoms with van der Waals surface area (Å²) in [5.41, 5.74) is 2.44. The molecule has 2 heterocycles. The molecule has 0 fully saturated rings. The van der Waals surface area contributed by atoms with Gasteiger partial charge in [0.25, 0.3) is 5.91 Å². The average Bonchev–Trinajstić information content (AvgIpc) is 3.04. The summed E-state index contributed by atoms with van der Waals surface area (Å²) in [5.74, 6) is 2.16. The molecule has 1 aliphatic heterocycles. The predicted octanol–water partition coefficient (Wildman–Crippen LogP) is 3.03. The average molecular weight is 336 g/mol. The van der Waals surface area contributed by atoms with Crippen molar-refractivity contribution in [1.82, 2.24) is 5.43 Å². The first-order chi connectivity index (χ1) is 12.2. The maximum Gasteiger partial charge on any atom is 0.284 e. The molecule has 6 nitrogen and oxygen atoms in total. The summed E-state index contributed by atoms with van der Waals surface area (Å²) in [6.45, 7) is 1.97. The van der Waals surface area contributed by atoms with Crippen LogP contribution in [0.5, 0.6) is 11.5 Å². The Kier molecular flexibility index (Phi) is 3.85. The third-order valence-electron chi connectivity index (χ3n) is 3.89. The van der Waals surface area contributed by atoms with Crippen molar-refractivity contribution in [2.24, 2.45) is 5.10 Å². The van der Waals surface area contributed by atoms with Crippen molar-refractivity contribution >= 4 is 22.9 Å². The topological polar surface area (TPSA) is 73.1 Å². The number of carbonyl (C=O) groups is 1. The summed E-state index contributed by atoms with van der Waals surface area (Å²) >= 11 is 0. The zero-order valence-corrected chi connectivity index (χ0v) is 13.6. The lowest BCUT2D eigenvalue weighted by molar-refractivity contribution is -0.130. The van der Waals surface area contributed by atoms with E-state index in [1.807, 2.05) is 49.4 Å². The van der Waals surface area contributed by atoms with Crippen LogP contribution in [0, 0.1) is 6.92 Å². The van der Waals surface area contributed by atoms with E-state index in [-0.39, 0.29) is 12.5 Å². The van der Waals surface area contributed by atoms with Crippen LogP contribution in [0.4, 0.5) is 0 Å². The fourth-order valence-electron chi connectivity index (χ4n) is 2.64. The van der Waals surface area contributed by atoms with Gasteiger partial charge in [-0.1, -0.05) is 24.3 Å². The first-order valence-electron chi connectivity index (χ1n) is 7.91. The summed E-state index contributed by atoms with van der Waals surface area (Å²) in [7, 11) is 0. The van der Waals surface area contributed by atoms with Gasteiger partial charge < -0.3 is 13.9 Å². The summed E-state index contributed by atoms with van der Waals surface area (Å²) in [5, 5.41) is 5.97. The molecule has 0 bridgehead atoms. The molecule has 0 radical (unpaired) electrons. The van der Waals surface area contributed by atoms with Crippen molar-refractivity contribution in [3.05, 3.63) is 60.1 Å². The highest BCUT2D eigenvalue weighted by molar-refractivity contribution is 5.87. The fraction of sp³-hybridized carbons (Fsp3) is 0.158. The van der Waals surface area contributed by atoms with Crippen molar-refractivity contribution in [1.29, 1.82) is 0 Å². The molecule has 4 rings (SSSR count). The smallest absolute Gasteiger partial charge is 0.284 e. The maximum atomic E-state index is 12.2. The number of amides is 1. The lowest BCUT2D eigenvalue weighted by Gasteiger charge is -2.25. The van der Waals surface area contributed by atoms with Crippen LogP contribution in [-0.2, 0) is 4.79 Å². The molecule has 1 aromatic heterocycles. The number of nitrogens with one attached hydrogen (secondary N) is 1. The summed E-state index contributed by atoms with van der Waals surface area (Å²) in [4.78, 5) is 12.2. The number of hydrogen-bond acceptors (Lipinski definition) is 5. The van der Waals surface area contributed by atoms with Crippen molar-refractivity contribution in [2.45, 2.75) is 13.0 Å². The molecule has 2 aromatic carbocycles. The second-order valence-corrected chi connectivity index (χ2v) is 5.75. The molecule has 0 aliphatic carbocycles. The van der Waals surface area contributed by atoms with Crippen molar-refractivity contribution < 1.29 is 18.7 Å². The molecule has 0 unspecified atom stereocenters. The first-order valence-corrected chi connectivity index (χ1v) is 7.91. The first kappa shape index (κ1) is 15.3. The van der Waals surface area contributed by atoms with Gasteiger partial charge in [0.15, 0.2) is 11.5 Å². The number of rotatable bonds is 3. The van der Waals surface area contributed by atoms with E-state index in [0.717, 1.165) is 16.5 Å². The van der Waals surface area contributed by atoms with Crippen molar-refractivity contribution in [3.63, 3.8) is 0 Å². The Labute approximate surface area is 144 Å². The molecule has 3 aromatic rings. The van der Waals surface area contributed by atoms with E-state index in [4.69, 9.17) is 13.9 Å². The van der Waals surface area contributed by atoms with Gasteiger partial charge in [-0.15, -0.1) is 0 Å². The van der Waals surface area contributed by atoms with Gasteiger partial charge in [0.2, 0.25) is 6.10 Å². The number of fused-ring (bicyclic) bond motifs is 2. The van der Waals surface area contributed by atoms with Gasteiger partial charge in [-0.05, 0) is 42.0 Å². The van der Waals surface area contributed by atoms with Crippen molar-refractivity contribution in [3.8, 4) is 11.5 Å². The van der Waals surface area contributed by atoms with Gasteiger partial charge >= 0.3 is 0 Å². The van der Waals surface area contributed by atoms with Gasteiger partial charge in [0.05, 0.1) is 6.21 Å². The van der Waals surface area contributed by atoms with Crippen LogP contribution in [-0.4, -0.2) is 24.8 Å². The molecule has 25 heavy (non-hydrogen) atoms. The van der Waals surface area contributed by atoms with E-state index >= 15 is 0 Å². The van der Waals surface area contributed by atoms with E-state index in [9.17, 15) is 4.79 Å². The third kappa shape index (κ3) is 3.19. The molecule has 0 saturated carbocycles. The van der Waals surface area contributed by atoms with Crippen LogP contribution in [0.15, 0.2) is 58.0 Å². The van der Waals surface area contributed by atoms with E-state index in [2.05, 4.69) is 10.5 Å². The van der Waals surface area contributed by atoms with E-state index < -0.39 is 6.10 Å². The van der Waals surface area contributed by atoms with Crippen LogP contribution in [0.3, 0.4) is 0 Å². The minimum absolute atomic E-state index is 0.132. The van der Waals surface area contributed by atoms with Crippen LogP contribution in [0.1, 0.15) is 11.5 Å². The second-order valence-electron chi connectivity index (χ2n) is 5.75. The minimum Gasteiger partial charge on any atom is -0.485 e. The van der Waals surface area contributed by atoms with Crippen LogP contribution in [0.25, 0.3) is 10.8 Å². The zero-order chi connectivity index (χ0) is 17.2. The second kappa shape index (κ2) is 6.32. The number of aryl methyl sites for hydroxylation is 1. The Balaban J connectivity index is 1.45. The van der Waals surface area contributed by atoms with Gasteiger partial charge in [0, 0.05) is 0 Å². The molecule has 6 heteroatoms. The Morgan fingerprint density at radius 2 is 1.92 bits per heavy atom. The van der Waals surface area contributed by atoms with E-state index in [1.165, 1.54) is 6.21 Å². The number of nitrogens with zero attached hydrogens (tertiary/aromatic N) is 1. The minimum atomic E-state index is -0.760. The Morgan fingerprint density at radius 3 is 2.64 bits per heavy atom. The van der Waals surface area contributed by atoms with Crippen LogP contribution in [0.2, 0.25) is 0 Å². The highest BCUT2D eigenvalue weighted by Crippen LogP contribution is 2.35. The largest absolute Gasteiger partial charge is 0.485 e. The molecule has 0 spiro atoms. The Morgan fingerprint density at radius 1 is 1.16 bits per heavy atom. The number of furan rings is 1. The van der Waals surface area contributed by atoms with Crippen LogP contribution < -0.4 is 14.9 Å². The SMILES string of the molecule is Cc1ccc(/C=N/NC(=O)[C@H]2COc3cc4ccccc4cc3O2)o1. The van der Waals surface area contributed by atoms with Gasteiger partial charge in [0.1, 0.15) is 18.1 Å². The molecular weight excluding hydrogens is 320 g/mol. The van der Waals surface area contributed by atoms with Crippen LogP contribution >= 0.6 is 0 Å². The monoisotopic (exact) mass is 336 g/mol. The zero-order valence-electron chi connectivity index (χ0n) is 13.6. The summed E-state index contributed by atoms with van der Waals surface area (Å²) in [6.07, 6.45) is 0.680. The normalized spacial score (nSPS) is 16.3. The quantitative estimate of drug-likeness (QED) is 0.589. The number of carbonyl (C=O) groups excluding carboxylic acids is 1. The van der Waals surface area contributed by atoms with Gasteiger partial charge in [-0.3, -0.25) is 4.79 Å². The summed E-state index contributed by atoms with van der Waals surface area (Å²) in [6, 6.07) is 15.3. The number of benzene rings is 2. The standard InChI is InChI=1S/C19H16N2O4/c1-12-6-7-15(24-12)10-20-21-19(22)18-11-23-16-8-13-4-2-3-5-14(13)9-17(16)25-18/h2-10,18H,11H2,1H3,(H,21,22)/b20-10+/t18-/m1/s1. The third-order valence-corrected chi connectivity index (χ3v) is 3.89. The van der Waals surface area contributed by atoms with E-state index in [0.29, 0.717) is 17.3 Å². The molecule has 1 atom stereocenters. The number of hydrogen-bond donors (Lipinski definition) is 1. The summed E-state index contributed by atoms with van der Waals surface area (Å²) < 4.78 is 16.8. The highest BCUT2D eigenvalue weighted by atomic mass is 16.6. The lowest BCUT2D eigenvalue weighted by Crippen LogP contribution is -2.42. The highest BCUT2D eigenvalue weighted by Gasteiger charge is 2.27. The van der Waals surface area contributed by atoms with Gasteiger partial charge in [-0.25, -0.2) is 5.43 Å². The van der Waals surface area contributed by atoms with Crippen molar-refractivity contribution in [2.75, 3.05) is 6.61 Å². The Bertz CT molecular complexity index is 961. The number of hydrazone groups is 1. The predicted molar refractivity (Wildman–Crippen MR) is 93.0 cm³/mol. The number of ether oxygens (including phenoxy) is 2. The molecule has 0 saturated heterocycles. The lowest BCUT2D eigenvalue weighted by atomic mass is 10.1.